The number of hydrogen-bond donors (Lipinski definition) is 0. The molecular weight excluding hydrogens is 348 g/mol. The second-order valence-corrected chi connectivity index (χ2v) is 8.59. The predicted octanol–water partition coefficient (Wildman–Crippen LogP) is 3.99. The summed E-state index contributed by atoms with van der Waals surface area (Å²) in [5.74, 6) is 1.85. The molecule has 4 nitrogen and oxygen atoms in total. The van der Waals surface area contributed by atoms with Crippen LogP contribution in [0.2, 0.25) is 0 Å². The van der Waals surface area contributed by atoms with E-state index in [0.717, 1.165) is 70.2 Å². The highest BCUT2D eigenvalue weighted by atomic mass is 16.5. The van der Waals surface area contributed by atoms with Crippen molar-refractivity contribution in [2.45, 2.75) is 38.8 Å². The first kappa shape index (κ1) is 19.3. The zero-order valence-corrected chi connectivity index (χ0v) is 17.2. The number of piperazine rings is 1. The lowest BCUT2D eigenvalue weighted by atomic mass is 10.0. The van der Waals surface area contributed by atoms with E-state index in [1.165, 1.54) is 11.1 Å². The van der Waals surface area contributed by atoms with E-state index < -0.39 is 0 Å². The van der Waals surface area contributed by atoms with E-state index in [0.29, 0.717) is 0 Å². The molecule has 2 aliphatic heterocycles. The summed E-state index contributed by atoms with van der Waals surface area (Å²) >= 11 is 0. The number of rotatable bonds is 7. The van der Waals surface area contributed by atoms with Gasteiger partial charge in [0.05, 0.1) is 6.61 Å². The molecule has 150 valence electrons. The molecule has 2 aromatic carbocycles. The average Bonchev–Trinajstić information content (AvgIpc) is 3.02. The number of ether oxygens (including phenoxy) is 2. The van der Waals surface area contributed by atoms with Crippen molar-refractivity contribution in [1.82, 2.24) is 9.80 Å². The van der Waals surface area contributed by atoms with Gasteiger partial charge in [-0.1, -0.05) is 42.5 Å². The van der Waals surface area contributed by atoms with Gasteiger partial charge in [-0.15, -0.1) is 0 Å². The Balaban J connectivity index is 1.17. The fraction of sp³-hybridized carbons (Fsp3) is 0.500. The van der Waals surface area contributed by atoms with Crippen molar-refractivity contribution in [2.24, 2.45) is 0 Å². The van der Waals surface area contributed by atoms with Crippen LogP contribution in [0.4, 0.5) is 0 Å². The van der Waals surface area contributed by atoms with Gasteiger partial charge in [-0.2, -0.15) is 0 Å². The Morgan fingerprint density at radius 2 is 1.68 bits per heavy atom. The molecule has 0 N–H and O–H groups in total. The van der Waals surface area contributed by atoms with Crippen molar-refractivity contribution in [3.05, 3.63) is 59.7 Å². The van der Waals surface area contributed by atoms with Crippen LogP contribution < -0.4 is 9.47 Å². The Morgan fingerprint density at radius 3 is 2.46 bits per heavy atom. The molecule has 28 heavy (non-hydrogen) atoms. The van der Waals surface area contributed by atoms with Crippen molar-refractivity contribution in [1.29, 1.82) is 0 Å². The lowest BCUT2D eigenvalue weighted by molar-refractivity contribution is 0.118. The largest absolute Gasteiger partial charge is 0.490 e. The van der Waals surface area contributed by atoms with E-state index >= 15 is 0 Å². The van der Waals surface area contributed by atoms with E-state index in [4.69, 9.17) is 9.47 Å². The Hall–Kier alpha value is -2.04. The van der Waals surface area contributed by atoms with Crippen LogP contribution in [0.15, 0.2) is 48.5 Å². The monoisotopic (exact) mass is 380 g/mol. The second-order valence-electron chi connectivity index (χ2n) is 8.59. The fourth-order valence-corrected chi connectivity index (χ4v) is 4.18. The maximum absolute atomic E-state index is 6.09. The molecule has 4 rings (SSSR count). The van der Waals surface area contributed by atoms with Gasteiger partial charge in [0.2, 0.25) is 0 Å². The standard InChI is InChI=1S/C24H32N2O2/c1-24(2)18-21-10-6-11-22(23(21)28-24)27-17-7-12-25-13-15-26(16-14-25)19-20-8-4-3-5-9-20/h3-6,8-11H,7,12-19H2,1-2H3. The summed E-state index contributed by atoms with van der Waals surface area (Å²) in [7, 11) is 0. The topological polar surface area (TPSA) is 24.9 Å². The minimum atomic E-state index is -0.124. The average molecular weight is 381 g/mol. The quantitative estimate of drug-likeness (QED) is 0.678. The van der Waals surface area contributed by atoms with Gasteiger partial charge in [-0.05, 0) is 31.9 Å². The molecule has 0 aliphatic carbocycles. The van der Waals surface area contributed by atoms with E-state index in [2.05, 4.69) is 66.1 Å². The van der Waals surface area contributed by atoms with Gasteiger partial charge < -0.3 is 14.4 Å². The zero-order valence-electron chi connectivity index (χ0n) is 17.2. The van der Waals surface area contributed by atoms with Crippen LogP contribution in [-0.2, 0) is 13.0 Å². The molecule has 0 bridgehead atoms. The Kier molecular flexibility index (Phi) is 5.88. The van der Waals surface area contributed by atoms with Gasteiger partial charge in [-0.3, -0.25) is 4.90 Å². The summed E-state index contributed by atoms with van der Waals surface area (Å²) in [4.78, 5) is 5.11. The van der Waals surface area contributed by atoms with Gasteiger partial charge in [0.25, 0.3) is 0 Å². The summed E-state index contributed by atoms with van der Waals surface area (Å²) in [5, 5.41) is 0. The summed E-state index contributed by atoms with van der Waals surface area (Å²) in [5.41, 5.74) is 2.54. The molecule has 0 aromatic heterocycles. The Labute approximate surface area is 169 Å². The first-order chi connectivity index (χ1) is 13.6. The van der Waals surface area contributed by atoms with Gasteiger partial charge in [0.15, 0.2) is 11.5 Å². The number of benzene rings is 2. The maximum Gasteiger partial charge on any atom is 0.165 e. The number of nitrogens with zero attached hydrogens (tertiary/aromatic N) is 2. The van der Waals surface area contributed by atoms with Crippen LogP contribution in [0.5, 0.6) is 11.5 Å². The highest BCUT2D eigenvalue weighted by Gasteiger charge is 2.32. The van der Waals surface area contributed by atoms with E-state index in [-0.39, 0.29) is 5.60 Å². The molecule has 0 atom stereocenters. The third kappa shape index (κ3) is 4.86. The van der Waals surface area contributed by atoms with Gasteiger partial charge in [0, 0.05) is 51.3 Å². The highest BCUT2D eigenvalue weighted by Crippen LogP contribution is 2.41. The van der Waals surface area contributed by atoms with Crippen LogP contribution in [0, 0.1) is 0 Å². The summed E-state index contributed by atoms with van der Waals surface area (Å²) in [6, 6.07) is 17.0. The third-order valence-corrected chi connectivity index (χ3v) is 5.65. The molecule has 2 heterocycles. The summed E-state index contributed by atoms with van der Waals surface area (Å²) < 4.78 is 12.2. The van der Waals surface area contributed by atoms with Crippen molar-refractivity contribution in [3.63, 3.8) is 0 Å². The third-order valence-electron chi connectivity index (χ3n) is 5.65. The van der Waals surface area contributed by atoms with Crippen molar-refractivity contribution < 1.29 is 9.47 Å². The summed E-state index contributed by atoms with van der Waals surface area (Å²) in [6.45, 7) is 11.7. The zero-order chi connectivity index (χ0) is 19.4. The molecule has 2 aromatic rings. The Morgan fingerprint density at radius 1 is 0.929 bits per heavy atom. The van der Waals surface area contributed by atoms with Gasteiger partial charge >= 0.3 is 0 Å². The number of para-hydroxylation sites is 1. The molecule has 0 spiro atoms. The lowest BCUT2D eigenvalue weighted by Crippen LogP contribution is -2.46. The van der Waals surface area contributed by atoms with E-state index in [1.807, 2.05) is 6.07 Å². The smallest absolute Gasteiger partial charge is 0.165 e. The van der Waals surface area contributed by atoms with Gasteiger partial charge in [-0.25, -0.2) is 0 Å². The first-order valence-corrected chi connectivity index (χ1v) is 10.5. The van der Waals surface area contributed by atoms with Gasteiger partial charge in [0.1, 0.15) is 5.60 Å². The van der Waals surface area contributed by atoms with Crippen molar-refractivity contribution in [2.75, 3.05) is 39.3 Å². The van der Waals surface area contributed by atoms with Crippen LogP contribution in [0.25, 0.3) is 0 Å². The first-order valence-electron chi connectivity index (χ1n) is 10.5. The van der Waals surface area contributed by atoms with Crippen LogP contribution in [0.1, 0.15) is 31.4 Å². The molecule has 2 aliphatic rings. The summed E-state index contributed by atoms with van der Waals surface area (Å²) in [6.07, 6.45) is 2.00. The molecule has 1 fully saturated rings. The van der Waals surface area contributed by atoms with Crippen LogP contribution in [0.3, 0.4) is 0 Å². The number of fused-ring (bicyclic) bond motifs is 1. The molecule has 0 unspecified atom stereocenters. The molecule has 0 amide bonds. The van der Waals surface area contributed by atoms with Crippen molar-refractivity contribution >= 4 is 0 Å². The SMILES string of the molecule is CC1(C)Cc2cccc(OCCCN3CCN(Cc4ccccc4)CC3)c2O1. The Bertz CT molecular complexity index is 767. The van der Waals surface area contributed by atoms with E-state index in [9.17, 15) is 0 Å². The predicted molar refractivity (Wildman–Crippen MR) is 113 cm³/mol. The molecule has 0 saturated carbocycles. The molecule has 4 heteroatoms. The van der Waals surface area contributed by atoms with Crippen LogP contribution >= 0.6 is 0 Å². The van der Waals surface area contributed by atoms with Crippen molar-refractivity contribution in [3.8, 4) is 11.5 Å². The second kappa shape index (κ2) is 8.54. The molecule has 1 saturated heterocycles. The maximum atomic E-state index is 6.09. The van der Waals surface area contributed by atoms with Crippen LogP contribution in [-0.4, -0.2) is 54.7 Å². The minimum Gasteiger partial charge on any atom is -0.490 e. The molecule has 0 radical (unpaired) electrons. The normalized spacial score (nSPS) is 19.2. The van der Waals surface area contributed by atoms with E-state index in [1.54, 1.807) is 0 Å². The highest BCUT2D eigenvalue weighted by molar-refractivity contribution is 5.50. The minimum absolute atomic E-state index is 0.124. The fourth-order valence-electron chi connectivity index (χ4n) is 4.18. The number of hydrogen-bond acceptors (Lipinski definition) is 4. The lowest BCUT2D eigenvalue weighted by Gasteiger charge is -2.34. The molecular formula is C24H32N2O2.